The second-order valence-corrected chi connectivity index (χ2v) is 3.58. The van der Waals surface area contributed by atoms with Crippen LogP contribution in [0.25, 0.3) is 0 Å². The van der Waals surface area contributed by atoms with Crippen molar-refractivity contribution in [1.29, 1.82) is 0 Å². The molecule has 0 aliphatic rings. The van der Waals surface area contributed by atoms with E-state index < -0.39 is 25.1 Å². The van der Waals surface area contributed by atoms with Gasteiger partial charge in [-0.15, -0.1) is 0 Å². The van der Waals surface area contributed by atoms with Gasteiger partial charge in [0.1, 0.15) is 0 Å². The average Bonchev–Trinajstić information content (AvgIpc) is 2.08. The predicted molar refractivity (Wildman–Crippen MR) is 49.6 cm³/mol. The average molecular weight is 267 g/mol. The molecule has 0 aromatic heterocycles. The van der Waals surface area contributed by atoms with Crippen LogP contribution in [0, 0.1) is 0 Å². The molecular weight excluding hydrogens is 252 g/mol. The summed E-state index contributed by atoms with van der Waals surface area (Å²) in [5.41, 5.74) is 0. The van der Waals surface area contributed by atoms with Crippen molar-refractivity contribution in [1.82, 2.24) is 5.32 Å². The first-order valence-electron chi connectivity index (χ1n) is 5.07. The van der Waals surface area contributed by atoms with Gasteiger partial charge in [-0.1, -0.05) is 6.92 Å². The summed E-state index contributed by atoms with van der Waals surface area (Å²) in [5.74, 6) is 0. The summed E-state index contributed by atoms with van der Waals surface area (Å²) in [6, 6.07) is -0.192. The van der Waals surface area contributed by atoms with Gasteiger partial charge >= 0.3 is 12.4 Å². The van der Waals surface area contributed by atoms with Crippen LogP contribution in [0.3, 0.4) is 0 Å². The first kappa shape index (κ1) is 16.5. The highest BCUT2D eigenvalue weighted by molar-refractivity contribution is 4.76. The van der Waals surface area contributed by atoms with Crippen LogP contribution >= 0.6 is 0 Å². The molecule has 0 aliphatic heterocycles. The zero-order valence-corrected chi connectivity index (χ0v) is 9.45. The maximum Gasteiger partial charge on any atom is 0.423 e. The Kier molecular flexibility index (Phi) is 6.25. The molecule has 0 bridgehead atoms. The van der Waals surface area contributed by atoms with Gasteiger partial charge in [0.25, 0.3) is 0 Å². The quantitative estimate of drug-likeness (QED) is 0.747. The van der Waals surface area contributed by atoms with E-state index in [0.717, 1.165) is 0 Å². The molecule has 8 heteroatoms. The molecule has 0 rings (SSSR count). The van der Waals surface area contributed by atoms with Crippen molar-refractivity contribution in [2.45, 2.75) is 44.8 Å². The van der Waals surface area contributed by atoms with E-state index in [-0.39, 0.29) is 12.5 Å². The molecule has 0 saturated heterocycles. The van der Waals surface area contributed by atoms with Crippen molar-refractivity contribution in [3.8, 4) is 0 Å². The third-order valence-electron chi connectivity index (χ3n) is 1.98. The summed E-state index contributed by atoms with van der Waals surface area (Å²) in [4.78, 5) is 0. The lowest BCUT2D eigenvalue weighted by Gasteiger charge is -2.23. The van der Waals surface area contributed by atoms with E-state index in [1.165, 1.54) is 0 Å². The first-order chi connectivity index (χ1) is 7.59. The maximum atomic E-state index is 12.0. The van der Waals surface area contributed by atoms with Gasteiger partial charge in [-0.25, -0.2) is 0 Å². The highest BCUT2D eigenvalue weighted by Crippen LogP contribution is 2.35. The zero-order valence-electron chi connectivity index (χ0n) is 9.45. The zero-order chi connectivity index (χ0) is 13.7. The lowest BCUT2D eigenvalue weighted by atomic mass is 10.2. The van der Waals surface area contributed by atoms with Crippen LogP contribution < -0.4 is 5.32 Å². The Hall–Kier alpha value is -0.500. The van der Waals surface area contributed by atoms with E-state index in [4.69, 9.17) is 0 Å². The van der Waals surface area contributed by atoms with Crippen molar-refractivity contribution in [3.63, 3.8) is 0 Å². The smallest absolute Gasteiger partial charge is 0.361 e. The minimum absolute atomic E-state index is 0.0799. The van der Waals surface area contributed by atoms with Crippen LogP contribution in [0.4, 0.5) is 26.3 Å². The number of hydrogen-bond acceptors (Lipinski definition) is 2. The number of alkyl halides is 6. The fourth-order valence-electron chi connectivity index (χ4n) is 1.19. The molecule has 0 heterocycles. The lowest BCUT2D eigenvalue weighted by Crippen LogP contribution is -2.45. The highest BCUT2D eigenvalue weighted by Gasteiger charge is 2.57. The summed E-state index contributed by atoms with van der Waals surface area (Å²) in [5, 5.41) is 2.85. The molecule has 0 amide bonds. The molecule has 0 aromatic carbocycles. The monoisotopic (exact) mass is 267 g/mol. The van der Waals surface area contributed by atoms with E-state index in [9.17, 15) is 26.3 Å². The van der Waals surface area contributed by atoms with Crippen molar-refractivity contribution >= 4 is 0 Å². The highest BCUT2D eigenvalue weighted by atomic mass is 19.4. The van der Waals surface area contributed by atoms with Crippen molar-refractivity contribution < 1.29 is 31.1 Å². The first-order valence-corrected chi connectivity index (χ1v) is 5.07. The maximum absolute atomic E-state index is 12.0. The molecule has 0 radical (unpaired) electrons. The van der Waals surface area contributed by atoms with E-state index in [1.807, 2.05) is 0 Å². The molecule has 0 aliphatic carbocycles. The Morgan fingerprint density at radius 1 is 1.06 bits per heavy atom. The van der Waals surface area contributed by atoms with Gasteiger partial charge in [-0.3, -0.25) is 0 Å². The Balaban J connectivity index is 4.21. The van der Waals surface area contributed by atoms with Gasteiger partial charge in [-0.2, -0.15) is 26.3 Å². The Labute approximate surface area is 95.3 Å². The van der Waals surface area contributed by atoms with Crippen molar-refractivity contribution in [2.24, 2.45) is 0 Å². The molecular formula is C9H15F6NO. The van der Waals surface area contributed by atoms with Crippen LogP contribution in [-0.4, -0.2) is 37.7 Å². The summed E-state index contributed by atoms with van der Waals surface area (Å²) < 4.78 is 76.1. The molecule has 0 aromatic rings. The minimum Gasteiger partial charge on any atom is -0.361 e. The van der Waals surface area contributed by atoms with Crippen LogP contribution in [0.1, 0.15) is 20.3 Å². The minimum atomic E-state index is -5.43. The molecule has 0 spiro atoms. The second kappa shape index (κ2) is 6.44. The molecule has 104 valence electrons. The van der Waals surface area contributed by atoms with E-state index >= 15 is 0 Å². The van der Waals surface area contributed by atoms with Gasteiger partial charge in [0, 0.05) is 12.6 Å². The van der Waals surface area contributed by atoms with Gasteiger partial charge in [0.05, 0.1) is 0 Å². The fourth-order valence-corrected chi connectivity index (χ4v) is 1.19. The van der Waals surface area contributed by atoms with Gasteiger partial charge in [0.2, 0.25) is 6.10 Å². The van der Waals surface area contributed by atoms with Gasteiger partial charge in [0.15, 0.2) is 0 Å². The van der Waals surface area contributed by atoms with E-state index in [0.29, 0.717) is 6.54 Å². The summed E-state index contributed by atoms with van der Waals surface area (Å²) >= 11 is 0. The van der Waals surface area contributed by atoms with E-state index in [1.54, 1.807) is 13.8 Å². The molecule has 0 fully saturated rings. The summed E-state index contributed by atoms with van der Waals surface area (Å²) in [6.45, 7) is 3.43. The molecule has 1 N–H and O–H groups in total. The second-order valence-electron chi connectivity index (χ2n) is 3.58. The molecule has 2 nitrogen and oxygen atoms in total. The number of ether oxygens (including phenoxy) is 1. The normalized spacial score (nSPS) is 15.4. The molecule has 0 saturated carbocycles. The topological polar surface area (TPSA) is 21.3 Å². The van der Waals surface area contributed by atoms with Crippen LogP contribution in [0.15, 0.2) is 0 Å². The van der Waals surface area contributed by atoms with Crippen LogP contribution in [0.5, 0.6) is 0 Å². The van der Waals surface area contributed by atoms with Crippen molar-refractivity contribution in [3.05, 3.63) is 0 Å². The number of hydrogen-bond donors (Lipinski definition) is 1. The summed E-state index contributed by atoms with van der Waals surface area (Å²) in [6.07, 6.45) is -14.5. The van der Waals surface area contributed by atoms with Crippen LogP contribution in [-0.2, 0) is 4.74 Å². The number of halogens is 6. The van der Waals surface area contributed by atoms with Gasteiger partial charge in [-0.05, 0) is 19.9 Å². The molecule has 1 atom stereocenters. The largest absolute Gasteiger partial charge is 0.423 e. The predicted octanol–water partition coefficient (Wildman–Crippen LogP) is 2.88. The molecule has 1 unspecified atom stereocenters. The molecule has 17 heavy (non-hydrogen) atoms. The Morgan fingerprint density at radius 2 is 1.53 bits per heavy atom. The SMILES string of the molecule is CCNC(C)CCOC(C(F)(F)F)C(F)(F)F. The number of nitrogens with one attached hydrogen (secondary N) is 1. The third kappa shape index (κ3) is 6.72. The Morgan fingerprint density at radius 3 is 1.88 bits per heavy atom. The van der Waals surface area contributed by atoms with Gasteiger partial charge < -0.3 is 10.1 Å². The lowest BCUT2D eigenvalue weighted by molar-refractivity contribution is -0.322. The van der Waals surface area contributed by atoms with Crippen molar-refractivity contribution in [2.75, 3.05) is 13.2 Å². The standard InChI is InChI=1S/C9H15F6NO/c1-3-16-6(2)4-5-17-7(8(10,11)12)9(13,14)15/h6-7,16H,3-5H2,1-2H3. The fraction of sp³-hybridized carbons (Fsp3) is 1.00. The Bertz CT molecular complexity index is 201. The summed E-state index contributed by atoms with van der Waals surface area (Å²) in [7, 11) is 0. The van der Waals surface area contributed by atoms with Crippen LogP contribution in [0.2, 0.25) is 0 Å². The van der Waals surface area contributed by atoms with E-state index in [2.05, 4.69) is 10.1 Å². The third-order valence-corrected chi connectivity index (χ3v) is 1.98. The number of rotatable bonds is 6.